The molecule has 1 heterocycles. The normalized spacial score (nSPS) is 22.0. The third kappa shape index (κ3) is 3.49. The monoisotopic (exact) mass is 250 g/mol. The van der Waals surface area contributed by atoms with E-state index in [2.05, 4.69) is 38.1 Å². The van der Waals surface area contributed by atoms with Crippen LogP contribution in [0.2, 0.25) is 0 Å². The molecule has 1 fully saturated rings. The fourth-order valence-electron chi connectivity index (χ4n) is 2.32. The molecule has 0 saturated carbocycles. The van der Waals surface area contributed by atoms with E-state index in [0.29, 0.717) is 11.2 Å². The molecule has 17 heavy (non-hydrogen) atoms. The van der Waals surface area contributed by atoms with Crippen LogP contribution in [0.1, 0.15) is 43.7 Å². The number of hydrogen-bond acceptors (Lipinski definition) is 2. The second kappa shape index (κ2) is 5.92. The van der Waals surface area contributed by atoms with Gasteiger partial charge in [0.05, 0.1) is 6.10 Å². The maximum Gasteiger partial charge on any atom is 0.0699 e. The Bertz CT molecular complexity index is 338. The molecule has 2 heteroatoms. The Morgan fingerprint density at radius 1 is 1.29 bits per heavy atom. The molecule has 1 aromatic carbocycles. The van der Waals surface area contributed by atoms with Crippen molar-refractivity contribution in [1.29, 1.82) is 0 Å². The first kappa shape index (κ1) is 13.0. The van der Waals surface area contributed by atoms with E-state index >= 15 is 0 Å². The molecule has 1 N–H and O–H groups in total. The molecule has 1 nitrogen and oxygen atoms in total. The molecule has 0 spiro atoms. The number of rotatable bonds is 4. The molecule has 94 valence electrons. The summed E-state index contributed by atoms with van der Waals surface area (Å²) in [4.78, 5) is 0. The van der Waals surface area contributed by atoms with Crippen LogP contribution < -0.4 is 0 Å². The number of aliphatic hydroxyl groups excluding tert-OH is 1. The average Bonchev–Trinajstić information content (AvgIpc) is 2.83. The Morgan fingerprint density at radius 2 is 2.00 bits per heavy atom. The lowest BCUT2D eigenvalue weighted by Crippen LogP contribution is -2.23. The van der Waals surface area contributed by atoms with E-state index in [0.717, 1.165) is 6.42 Å². The maximum absolute atomic E-state index is 10.2. The zero-order valence-electron chi connectivity index (χ0n) is 10.7. The van der Waals surface area contributed by atoms with E-state index in [1.165, 1.54) is 29.7 Å². The van der Waals surface area contributed by atoms with Gasteiger partial charge in [0.25, 0.3) is 0 Å². The highest BCUT2D eigenvalue weighted by molar-refractivity contribution is 8.00. The van der Waals surface area contributed by atoms with E-state index in [4.69, 9.17) is 0 Å². The molecule has 2 unspecified atom stereocenters. The summed E-state index contributed by atoms with van der Waals surface area (Å²) in [6, 6.07) is 8.71. The van der Waals surface area contributed by atoms with Gasteiger partial charge >= 0.3 is 0 Å². The van der Waals surface area contributed by atoms with E-state index in [-0.39, 0.29) is 6.10 Å². The van der Waals surface area contributed by atoms with Gasteiger partial charge < -0.3 is 5.11 Å². The van der Waals surface area contributed by atoms with E-state index in [9.17, 15) is 5.11 Å². The molecule has 0 aromatic heterocycles. The van der Waals surface area contributed by atoms with E-state index < -0.39 is 0 Å². The van der Waals surface area contributed by atoms with Crippen LogP contribution in [0, 0.1) is 0 Å². The van der Waals surface area contributed by atoms with Crippen LogP contribution in [0.3, 0.4) is 0 Å². The highest BCUT2D eigenvalue weighted by Gasteiger charge is 2.23. The first-order valence-electron chi connectivity index (χ1n) is 6.55. The van der Waals surface area contributed by atoms with Gasteiger partial charge in [-0.2, -0.15) is 11.8 Å². The van der Waals surface area contributed by atoms with Gasteiger partial charge in [-0.05, 0) is 42.1 Å². The molecule has 2 rings (SSSR count). The zero-order chi connectivity index (χ0) is 12.3. The molecular weight excluding hydrogens is 228 g/mol. The van der Waals surface area contributed by atoms with Crippen LogP contribution in [0.5, 0.6) is 0 Å². The summed E-state index contributed by atoms with van der Waals surface area (Å²) in [6.45, 7) is 4.41. The van der Waals surface area contributed by atoms with Crippen molar-refractivity contribution in [2.45, 2.75) is 50.4 Å². The maximum atomic E-state index is 10.2. The number of benzene rings is 1. The predicted octanol–water partition coefficient (Wildman–Crippen LogP) is 3.61. The van der Waals surface area contributed by atoms with Gasteiger partial charge in [-0.25, -0.2) is 0 Å². The predicted molar refractivity (Wildman–Crippen MR) is 75.7 cm³/mol. The first-order valence-corrected chi connectivity index (χ1v) is 7.60. The van der Waals surface area contributed by atoms with Crippen molar-refractivity contribution >= 4 is 11.8 Å². The highest BCUT2D eigenvalue weighted by Crippen LogP contribution is 2.30. The van der Waals surface area contributed by atoms with Crippen molar-refractivity contribution < 1.29 is 5.11 Å². The molecule has 1 aliphatic rings. The Balaban J connectivity index is 1.93. The fourth-order valence-corrected chi connectivity index (χ4v) is 3.61. The number of aliphatic hydroxyl groups is 1. The molecule has 1 aliphatic heterocycles. The zero-order valence-corrected chi connectivity index (χ0v) is 11.5. The molecule has 1 aromatic rings. The van der Waals surface area contributed by atoms with Gasteiger partial charge in [0, 0.05) is 5.25 Å². The van der Waals surface area contributed by atoms with Gasteiger partial charge in [0.15, 0.2) is 0 Å². The number of hydrogen-bond donors (Lipinski definition) is 1. The van der Waals surface area contributed by atoms with E-state index in [1.807, 2.05) is 11.8 Å². The first-order chi connectivity index (χ1) is 8.16. The van der Waals surface area contributed by atoms with Gasteiger partial charge in [-0.15, -0.1) is 0 Å². The molecule has 1 saturated heterocycles. The van der Waals surface area contributed by atoms with E-state index in [1.54, 1.807) is 0 Å². The second-order valence-electron chi connectivity index (χ2n) is 5.22. The fraction of sp³-hybridized carbons (Fsp3) is 0.600. The Hall–Kier alpha value is -0.470. The van der Waals surface area contributed by atoms with Crippen molar-refractivity contribution in [3.05, 3.63) is 35.4 Å². The third-order valence-corrected chi connectivity index (χ3v) is 4.99. The van der Waals surface area contributed by atoms with Crippen LogP contribution in [-0.4, -0.2) is 22.2 Å². The summed E-state index contributed by atoms with van der Waals surface area (Å²) in [5.74, 6) is 1.80. The topological polar surface area (TPSA) is 20.2 Å². The second-order valence-corrected chi connectivity index (χ2v) is 6.57. The molecule has 0 amide bonds. The molecule has 0 aliphatic carbocycles. The summed E-state index contributed by atoms with van der Waals surface area (Å²) in [5.41, 5.74) is 2.63. The lowest BCUT2D eigenvalue weighted by molar-refractivity contribution is 0.170. The molecule has 0 bridgehead atoms. The molecule has 0 radical (unpaired) electrons. The summed E-state index contributed by atoms with van der Waals surface area (Å²) in [5, 5.41) is 10.6. The van der Waals surface area contributed by atoms with Crippen LogP contribution in [-0.2, 0) is 6.42 Å². The minimum atomic E-state index is -0.174. The van der Waals surface area contributed by atoms with Crippen molar-refractivity contribution in [2.75, 3.05) is 5.75 Å². The van der Waals surface area contributed by atoms with Gasteiger partial charge in [0.2, 0.25) is 0 Å². The standard InChI is InChI=1S/C15H22OS/c1-11(2)13-7-5-12(6-8-13)10-14(16)15-4-3-9-17-15/h5-8,11,14-16H,3-4,9-10H2,1-2H3. The van der Waals surface area contributed by atoms with Crippen LogP contribution in [0.4, 0.5) is 0 Å². The van der Waals surface area contributed by atoms with Gasteiger partial charge in [-0.1, -0.05) is 38.1 Å². The Morgan fingerprint density at radius 3 is 2.53 bits per heavy atom. The third-order valence-electron chi connectivity index (χ3n) is 3.49. The van der Waals surface area contributed by atoms with Crippen LogP contribution in [0.15, 0.2) is 24.3 Å². The summed E-state index contributed by atoms with van der Waals surface area (Å²) < 4.78 is 0. The minimum absolute atomic E-state index is 0.174. The smallest absolute Gasteiger partial charge is 0.0699 e. The van der Waals surface area contributed by atoms with Crippen molar-refractivity contribution in [3.63, 3.8) is 0 Å². The van der Waals surface area contributed by atoms with Crippen molar-refractivity contribution in [3.8, 4) is 0 Å². The molecule has 2 atom stereocenters. The average molecular weight is 250 g/mol. The summed E-state index contributed by atoms with van der Waals surface area (Å²) in [7, 11) is 0. The number of thioether (sulfide) groups is 1. The largest absolute Gasteiger partial charge is 0.392 e. The molecular formula is C15H22OS. The van der Waals surface area contributed by atoms with Crippen molar-refractivity contribution in [1.82, 2.24) is 0 Å². The van der Waals surface area contributed by atoms with Gasteiger partial charge in [0.1, 0.15) is 0 Å². The minimum Gasteiger partial charge on any atom is -0.392 e. The lowest BCUT2D eigenvalue weighted by Gasteiger charge is -2.17. The van der Waals surface area contributed by atoms with Gasteiger partial charge in [-0.3, -0.25) is 0 Å². The Kier molecular flexibility index (Phi) is 4.52. The van der Waals surface area contributed by atoms with Crippen molar-refractivity contribution in [2.24, 2.45) is 0 Å². The Labute approximate surface area is 109 Å². The lowest BCUT2D eigenvalue weighted by atomic mass is 9.98. The summed E-state index contributed by atoms with van der Waals surface area (Å²) in [6.07, 6.45) is 3.07. The summed E-state index contributed by atoms with van der Waals surface area (Å²) >= 11 is 1.93. The highest BCUT2D eigenvalue weighted by atomic mass is 32.2. The quantitative estimate of drug-likeness (QED) is 0.881. The van der Waals surface area contributed by atoms with Crippen LogP contribution in [0.25, 0.3) is 0 Å². The SMILES string of the molecule is CC(C)c1ccc(CC(O)C2CCCS2)cc1. The van der Waals surface area contributed by atoms with Crippen LogP contribution >= 0.6 is 11.8 Å².